The van der Waals surface area contributed by atoms with E-state index in [2.05, 4.69) is 10.3 Å². The molecule has 0 radical (unpaired) electrons. The Morgan fingerprint density at radius 3 is 2.86 bits per heavy atom. The van der Waals surface area contributed by atoms with Crippen LogP contribution in [-0.4, -0.2) is 31.4 Å². The van der Waals surface area contributed by atoms with E-state index in [1.54, 1.807) is 18.2 Å². The van der Waals surface area contributed by atoms with Gasteiger partial charge >= 0.3 is 0 Å². The predicted octanol–water partition coefficient (Wildman–Crippen LogP) is 2.34. The monoisotopic (exact) mass is 292 g/mol. The second-order valence-electron chi connectivity index (χ2n) is 4.65. The van der Waals surface area contributed by atoms with Crippen molar-refractivity contribution in [2.75, 3.05) is 13.4 Å². The molecule has 0 unspecified atom stereocenters. The van der Waals surface area contributed by atoms with Crippen LogP contribution in [0.4, 0.5) is 0 Å². The average Bonchev–Trinajstić information content (AvgIpc) is 2.94. The van der Waals surface area contributed by atoms with E-state index in [-0.39, 0.29) is 24.8 Å². The minimum absolute atomic E-state index is 0.0867. The van der Waals surface area contributed by atoms with Crippen LogP contribution in [-0.2, 0) is 4.74 Å². The van der Waals surface area contributed by atoms with Crippen molar-refractivity contribution in [3.05, 3.63) is 23.8 Å². The summed E-state index contributed by atoms with van der Waals surface area (Å²) in [7, 11) is 0. The van der Waals surface area contributed by atoms with Crippen molar-refractivity contribution >= 4 is 11.9 Å². The number of carbonyl (C=O) groups excluding carboxylic acids is 1. The molecule has 0 aliphatic carbocycles. The van der Waals surface area contributed by atoms with Gasteiger partial charge in [0.25, 0.3) is 11.9 Å². The van der Waals surface area contributed by atoms with Gasteiger partial charge in [-0.1, -0.05) is 6.92 Å². The summed E-state index contributed by atoms with van der Waals surface area (Å²) < 4.78 is 15.8. The van der Waals surface area contributed by atoms with Gasteiger partial charge < -0.3 is 14.2 Å². The molecule has 1 aromatic rings. The van der Waals surface area contributed by atoms with E-state index in [1.165, 1.54) is 0 Å². The van der Waals surface area contributed by atoms with Gasteiger partial charge in [0.2, 0.25) is 6.79 Å². The zero-order chi connectivity index (χ0) is 15.2. The number of carbonyl (C=O) groups is 1. The van der Waals surface area contributed by atoms with Gasteiger partial charge in [0.15, 0.2) is 11.5 Å². The highest BCUT2D eigenvalue weighted by molar-refractivity contribution is 6.04. The normalized spacial score (nSPS) is 14.7. The van der Waals surface area contributed by atoms with Gasteiger partial charge in [-0.15, -0.1) is 0 Å². The Balaban J connectivity index is 2.10. The number of ether oxygens (including phenoxy) is 3. The Kier molecular flexibility index (Phi) is 5.03. The van der Waals surface area contributed by atoms with Gasteiger partial charge in [-0.3, -0.25) is 10.1 Å². The smallest absolute Gasteiger partial charge is 0.291 e. The zero-order valence-corrected chi connectivity index (χ0v) is 12.5. The molecule has 1 N–H and O–H groups in total. The zero-order valence-electron chi connectivity index (χ0n) is 12.5. The molecule has 0 fully saturated rings. The number of benzene rings is 1. The Morgan fingerprint density at radius 1 is 1.38 bits per heavy atom. The summed E-state index contributed by atoms with van der Waals surface area (Å²) in [6, 6.07) is 5.36. The van der Waals surface area contributed by atoms with Crippen LogP contribution in [0.5, 0.6) is 11.5 Å². The van der Waals surface area contributed by atoms with Crippen LogP contribution >= 0.6 is 0 Å². The molecule has 1 amide bonds. The molecule has 0 bridgehead atoms. The lowest BCUT2D eigenvalue weighted by Crippen LogP contribution is -2.33. The molecule has 1 atom stereocenters. The molecule has 6 heteroatoms. The number of amidine groups is 1. The van der Waals surface area contributed by atoms with E-state index < -0.39 is 0 Å². The summed E-state index contributed by atoms with van der Waals surface area (Å²) in [5, 5.41) is 2.68. The van der Waals surface area contributed by atoms with Crippen molar-refractivity contribution in [2.45, 2.75) is 33.2 Å². The first-order valence-electron chi connectivity index (χ1n) is 7.05. The third-order valence-corrected chi connectivity index (χ3v) is 3.06. The molecule has 1 heterocycles. The van der Waals surface area contributed by atoms with Crippen LogP contribution in [0.3, 0.4) is 0 Å². The van der Waals surface area contributed by atoms with Gasteiger partial charge in [-0.2, -0.15) is 0 Å². The summed E-state index contributed by atoms with van der Waals surface area (Å²) in [6.07, 6.45) is 0.871. The second-order valence-corrected chi connectivity index (χ2v) is 4.65. The summed E-state index contributed by atoms with van der Waals surface area (Å²) in [4.78, 5) is 16.6. The third kappa shape index (κ3) is 3.87. The number of hydrogen-bond donors (Lipinski definition) is 1. The highest BCUT2D eigenvalue weighted by Crippen LogP contribution is 2.32. The van der Waals surface area contributed by atoms with Crippen molar-refractivity contribution < 1.29 is 19.0 Å². The molecule has 0 spiro atoms. The summed E-state index contributed by atoms with van der Waals surface area (Å²) in [6.45, 7) is 6.46. The van der Waals surface area contributed by atoms with E-state index in [0.717, 1.165) is 6.42 Å². The van der Waals surface area contributed by atoms with Crippen LogP contribution in [0.2, 0.25) is 0 Å². The first-order valence-corrected chi connectivity index (χ1v) is 7.05. The van der Waals surface area contributed by atoms with Gasteiger partial charge in [0, 0.05) is 5.56 Å². The average molecular weight is 292 g/mol. The van der Waals surface area contributed by atoms with Crippen molar-refractivity contribution in [3.63, 3.8) is 0 Å². The molecule has 1 aliphatic heterocycles. The first-order chi connectivity index (χ1) is 10.1. The second kappa shape index (κ2) is 6.97. The van der Waals surface area contributed by atoms with Crippen LogP contribution in [0.15, 0.2) is 23.2 Å². The molecule has 6 nitrogen and oxygen atoms in total. The SMILES string of the molecule is CCOC(=N[C@H](C)CC)NC(=O)c1ccc2c(c1)OCO2. The summed E-state index contributed by atoms with van der Waals surface area (Å²) >= 11 is 0. The Morgan fingerprint density at radius 2 is 2.14 bits per heavy atom. The number of fused-ring (bicyclic) bond motifs is 1. The highest BCUT2D eigenvalue weighted by Gasteiger charge is 2.17. The fraction of sp³-hybridized carbons (Fsp3) is 0.467. The molecule has 1 aliphatic rings. The molecule has 21 heavy (non-hydrogen) atoms. The van der Waals surface area contributed by atoms with E-state index in [0.29, 0.717) is 23.7 Å². The maximum absolute atomic E-state index is 12.2. The fourth-order valence-electron chi connectivity index (χ4n) is 1.74. The van der Waals surface area contributed by atoms with Crippen molar-refractivity contribution in [2.24, 2.45) is 4.99 Å². The maximum Gasteiger partial charge on any atom is 0.291 e. The largest absolute Gasteiger partial charge is 0.465 e. The van der Waals surface area contributed by atoms with Crippen molar-refractivity contribution in [3.8, 4) is 11.5 Å². The Bertz CT molecular complexity index is 542. The molecule has 114 valence electrons. The first kappa shape index (κ1) is 15.2. The molecule has 0 saturated carbocycles. The number of nitrogens with one attached hydrogen (secondary N) is 1. The predicted molar refractivity (Wildman–Crippen MR) is 78.8 cm³/mol. The van der Waals surface area contributed by atoms with E-state index >= 15 is 0 Å². The minimum Gasteiger partial charge on any atom is -0.465 e. The number of rotatable bonds is 4. The number of amides is 1. The highest BCUT2D eigenvalue weighted by atomic mass is 16.7. The van der Waals surface area contributed by atoms with E-state index in [9.17, 15) is 4.79 Å². The molecule has 1 aromatic carbocycles. The van der Waals surface area contributed by atoms with Crippen LogP contribution in [0, 0.1) is 0 Å². The van der Waals surface area contributed by atoms with Gasteiger partial charge in [-0.25, -0.2) is 4.99 Å². The summed E-state index contributed by atoms with van der Waals surface area (Å²) in [5.41, 5.74) is 0.468. The lowest BCUT2D eigenvalue weighted by Gasteiger charge is -2.11. The quantitative estimate of drug-likeness (QED) is 0.683. The minimum atomic E-state index is -0.288. The van der Waals surface area contributed by atoms with Gasteiger partial charge in [0.1, 0.15) is 0 Å². The van der Waals surface area contributed by atoms with Crippen LogP contribution < -0.4 is 14.8 Å². The number of nitrogens with zero attached hydrogens (tertiary/aromatic N) is 1. The lowest BCUT2D eigenvalue weighted by atomic mass is 10.2. The number of hydrogen-bond acceptors (Lipinski definition) is 5. The fourth-order valence-corrected chi connectivity index (χ4v) is 1.74. The maximum atomic E-state index is 12.2. The molecular weight excluding hydrogens is 272 g/mol. The number of aliphatic imine (C=N–C) groups is 1. The molecule has 0 saturated heterocycles. The molecule has 0 aromatic heterocycles. The van der Waals surface area contributed by atoms with Crippen LogP contribution in [0.25, 0.3) is 0 Å². The van der Waals surface area contributed by atoms with Crippen molar-refractivity contribution in [1.29, 1.82) is 0 Å². The van der Waals surface area contributed by atoms with Gasteiger partial charge in [-0.05, 0) is 38.5 Å². The van der Waals surface area contributed by atoms with Gasteiger partial charge in [0.05, 0.1) is 12.6 Å². The summed E-state index contributed by atoms with van der Waals surface area (Å²) in [5.74, 6) is 0.924. The molecular formula is C15H20N2O4. The standard InChI is InChI=1S/C15H20N2O4/c1-4-10(3)16-15(19-5-2)17-14(18)11-6-7-12-13(8-11)21-9-20-12/h6-8,10H,4-5,9H2,1-3H3,(H,16,17,18)/t10-/m1/s1. The Hall–Kier alpha value is -2.24. The van der Waals surface area contributed by atoms with Crippen molar-refractivity contribution in [1.82, 2.24) is 5.32 Å². The Labute approximate surface area is 124 Å². The van der Waals surface area contributed by atoms with E-state index in [4.69, 9.17) is 14.2 Å². The third-order valence-electron chi connectivity index (χ3n) is 3.06. The lowest BCUT2D eigenvalue weighted by molar-refractivity contribution is 0.0965. The molecule has 2 rings (SSSR count). The topological polar surface area (TPSA) is 69.2 Å². The van der Waals surface area contributed by atoms with Crippen LogP contribution in [0.1, 0.15) is 37.6 Å². The van der Waals surface area contributed by atoms with E-state index in [1.807, 2.05) is 20.8 Å².